The summed E-state index contributed by atoms with van der Waals surface area (Å²) in [6.45, 7) is 2.90. The van der Waals surface area contributed by atoms with Crippen LogP contribution >= 0.6 is 0 Å². The molecule has 1 spiro atoms. The quantitative estimate of drug-likeness (QED) is 0.442. The molecule has 0 aliphatic carbocycles. The predicted molar refractivity (Wildman–Crippen MR) is 147 cm³/mol. The first-order chi connectivity index (χ1) is 18.9. The lowest BCUT2D eigenvalue weighted by molar-refractivity contribution is -0.165. The lowest BCUT2D eigenvalue weighted by Gasteiger charge is -2.40. The van der Waals surface area contributed by atoms with Crippen LogP contribution in [0.3, 0.4) is 0 Å². The van der Waals surface area contributed by atoms with Crippen molar-refractivity contribution in [1.82, 2.24) is 20.0 Å². The van der Waals surface area contributed by atoms with Crippen molar-refractivity contribution in [3.63, 3.8) is 0 Å². The van der Waals surface area contributed by atoms with Crippen LogP contribution in [0.5, 0.6) is 0 Å². The number of amides is 1. The molecule has 0 bridgehead atoms. The molecule has 9 nitrogen and oxygen atoms in total. The third kappa shape index (κ3) is 6.32. The van der Waals surface area contributed by atoms with Gasteiger partial charge in [-0.25, -0.2) is 0 Å². The van der Waals surface area contributed by atoms with Gasteiger partial charge in [-0.2, -0.15) is 5.10 Å². The van der Waals surface area contributed by atoms with Gasteiger partial charge in [0.1, 0.15) is 12.7 Å². The van der Waals surface area contributed by atoms with Crippen LogP contribution in [-0.2, 0) is 16.1 Å². The van der Waals surface area contributed by atoms with Crippen LogP contribution in [0.4, 0.5) is 0 Å². The van der Waals surface area contributed by atoms with Crippen molar-refractivity contribution >= 4 is 22.8 Å². The van der Waals surface area contributed by atoms with Crippen molar-refractivity contribution in [3.8, 4) is 0 Å². The van der Waals surface area contributed by atoms with E-state index in [1.807, 2.05) is 42.5 Å². The minimum atomic E-state index is -1.21. The number of likely N-dealkylation sites (tertiary alicyclic amines) is 1. The zero-order valence-electron chi connectivity index (χ0n) is 22.3. The number of hydrogen-bond donors (Lipinski definition) is 3. The van der Waals surface area contributed by atoms with E-state index < -0.39 is 17.6 Å². The fourth-order valence-electron chi connectivity index (χ4n) is 5.80. The molecule has 208 valence electrons. The highest BCUT2D eigenvalue weighted by atomic mass is 16.5. The molecule has 2 saturated heterocycles. The number of rotatable bonds is 3. The molecule has 2 fully saturated rings. The minimum Gasteiger partial charge on any atom is -0.462 e. The van der Waals surface area contributed by atoms with Gasteiger partial charge >= 0.3 is 5.97 Å². The number of H-pyrrole nitrogens is 1. The number of aliphatic hydroxyl groups is 2. The predicted octanol–water partition coefficient (Wildman–Crippen LogP) is 3.13. The van der Waals surface area contributed by atoms with Gasteiger partial charge < -0.3 is 19.8 Å². The molecule has 3 N–H and O–H groups in total. The normalized spacial score (nSPS) is 23.5. The largest absolute Gasteiger partial charge is 0.462 e. The van der Waals surface area contributed by atoms with E-state index in [2.05, 4.69) is 27.2 Å². The fraction of sp³-hybridized carbons (Fsp3) is 0.500. The van der Waals surface area contributed by atoms with Gasteiger partial charge in [0.05, 0.1) is 17.0 Å². The Morgan fingerprint density at radius 2 is 1.69 bits per heavy atom. The van der Waals surface area contributed by atoms with Crippen molar-refractivity contribution in [3.05, 3.63) is 65.9 Å². The molecule has 2 atom stereocenters. The number of esters is 1. The molecule has 0 radical (unpaired) electrons. The maximum absolute atomic E-state index is 13.5. The highest BCUT2D eigenvalue weighted by Gasteiger charge is 2.42. The van der Waals surface area contributed by atoms with Crippen molar-refractivity contribution in [2.75, 3.05) is 32.8 Å². The molecule has 1 aromatic heterocycles. The summed E-state index contributed by atoms with van der Waals surface area (Å²) in [6.07, 6.45) is 1.35. The number of piperidine rings is 1. The average molecular weight is 535 g/mol. The summed E-state index contributed by atoms with van der Waals surface area (Å²) in [5.41, 5.74) is 1.76. The lowest BCUT2D eigenvalue weighted by atomic mass is 9.74. The number of hydrogen-bond acceptors (Lipinski definition) is 7. The van der Waals surface area contributed by atoms with Crippen LogP contribution in [0, 0.1) is 5.41 Å². The number of carbonyl (C=O) groups excluding carboxylic acids is 2. The molecule has 3 heterocycles. The minimum absolute atomic E-state index is 0.173. The number of ether oxygens (including phenoxy) is 1. The number of aromatic nitrogens is 2. The fourth-order valence-corrected chi connectivity index (χ4v) is 5.80. The summed E-state index contributed by atoms with van der Waals surface area (Å²) in [5.74, 6) is -0.497. The zero-order chi connectivity index (χ0) is 27.2. The third-order valence-electron chi connectivity index (χ3n) is 8.31. The first-order valence-electron chi connectivity index (χ1n) is 14.0. The molecular formula is C30H38N4O5. The summed E-state index contributed by atoms with van der Waals surface area (Å²) in [6, 6.07) is 17.8. The SMILES string of the molecule is O=C(c1n[nH]c2ccccc12)N1CCCCC2(CCN(Cc3ccccc3)CC2)C(=O)OC[C@@H](O)[C@@H](O)CC1. The number of para-hydroxylation sites is 1. The van der Waals surface area contributed by atoms with E-state index in [1.54, 1.807) is 4.90 Å². The molecule has 5 rings (SSSR count). The van der Waals surface area contributed by atoms with Crippen LogP contribution in [-0.4, -0.2) is 87.1 Å². The Morgan fingerprint density at radius 1 is 0.949 bits per heavy atom. The Bertz CT molecular complexity index is 1250. The Hall–Kier alpha value is -3.27. The van der Waals surface area contributed by atoms with Crippen molar-refractivity contribution in [2.45, 2.75) is 57.3 Å². The van der Waals surface area contributed by atoms with E-state index in [-0.39, 0.29) is 31.4 Å². The van der Waals surface area contributed by atoms with Gasteiger partial charge in [-0.05, 0) is 56.8 Å². The van der Waals surface area contributed by atoms with Crippen LogP contribution in [0.15, 0.2) is 54.6 Å². The van der Waals surface area contributed by atoms with Gasteiger partial charge in [0.25, 0.3) is 5.91 Å². The van der Waals surface area contributed by atoms with Crippen molar-refractivity contribution in [2.24, 2.45) is 5.41 Å². The third-order valence-corrected chi connectivity index (χ3v) is 8.31. The van der Waals surface area contributed by atoms with E-state index in [9.17, 15) is 19.8 Å². The molecule has 9 heteroatoms. The number of aromatic amines is 1. The first-order valence-corrected chi connectivity index (χ1v) is 14.0. The van der Waals surface area contributed by atoms with Gasteiger partial charge in [0.2, 0.25) is 0 Å². The van der Waals surface area contributed by atoms with Crippen molar-refractivity contribution in [1.29, 1.82) is 0 Å². The molecule has 3 aromatic rings. The maximum Gasteiger partial charge on any atom is 0.312 e. The lowest BCUT2D eigenvalue weighted by Crippen LogP contribution is -2.45. The Morgan fingerprint density at radius 3 is 2.49 bits per heavy atom. The summed E-state index contributed by atoms with van der Waals surface area (Å²) in [7, 11) is 0. The maximum atomic E-state index is 13.5. The molecule has 2 aromatic carbocycles. The molecule has 2 aliphatic heterocycles. The summed E-state index contributed by atoms with van der Waals surface area (Å²) in [4.78, 5) is 30.9. The standard InChI is InChI=1S/C30H38N4O5/c35-25-12-17-34(28(37)27-23-10-4-5-11-24(23)31-32-27)16-7-6-13-30(29(38)39-21-26(25)36)14-18-33(19-15-30)20-22-8-2-1-3-9-22/h1-5,8-11,25-26,35-36H,6-7,12-21H2,(H,31,32)/t25-,26+/m0/s1. The Labute approximate surface area is 228 Å². The smallest absolute Gasteiger partial charge is 0.312 e. The molecule has 39 heavy (non-hydrogen) atoms. The van der Waals surface area contributed by atoms with E-state index in [0.717, 1.165) is 43.4 Å². The second kappa shape index (κ2) is 12.3. The van der Waals surface area contributed by atoms with Gasteiger partial charge in [0, 0.05) is 25.0 Å². The van der Waals surface area contributed by atoms with Gasteiger partial charge in [-0.15, -0.1) is 0 Å². The summed E-state index contributed by atoms with van der Waals surface area (Å²) < 4.78 is 5.60. The Balaban J connectivity index is 1.28. The summed E-state index contributed by atoms with van der Waals surface area (Å²) in [5, 5.41) is 29.1. The van der Waals surface area contributed by atoms with E-state index in [0.29, 0.717) is 31.5 Å². The van der Waals surface area contributed by atoms with Crippen LogP contribution < -0.4 is 0 Å². The average Bonchev–Trinajstić information content (AvgIpc) is 3.40. The molecule has 0 unspecified atom stereocenters. The number of aliphatic hydroxyl groups excluding tert-OH is 2. The number of nitrogens with zero attached hydrogens (tertiary/aromatic N) is 3. The monoisotopic (exact) mass is 534 g/mol. The Kier molecular flexibility index (Phi) is 8.60. The number of fused-ring (bicyclic) bond motifs is 1. The number of benzene rings is 2. The molecular weight excluding hydrogens is 496 g/mol. The van der Waals surface area contributed by atoms with E-state index >= 15 is 0 Å². The van der Waals surface area contributed by atoms with Gasteiger partial charge in [-0.3, -0.25) is 19.6 Å². The number of nitrogens with one attached hydrogen (secondary N) is 1. The molecule has 2 aliphatic rings. The van der Waals surface area contributed by atoms with Crippen LogP contribution in [0.1, 0.15) is 54.6 Å². The topological polar surface area (TPSA) is 119 Å². The second-order valence-electron chi connectivity index (χ2n) is 10.9. The second-order valence-corrected chi connectivity index (χ2v) is 10.9. The van der Waals surface area contributed by atoms with Crippen LogP contribution in [0.2, 0.25) is 0 Å². The van der Waals surface area contributed by atoms with Crippen LogP contribution in [0.25, 0.3) is 10.9 Å². The van der Waals surface area contributed by atoms with Crippen molar-refractivity contribution < 1.29 is 24.5 Å². The highest BCUT2D eigenvalue weighted by molar-refractivity contribution is 6.04. The highest BCUT2D eigenvalue weighted by Crippen LogP contribution is 2.39. The number of carbonyl (C=O) groups is 2. The van der Waals surface area contributed by atoms with Gasteiger partial charge in [-0.1, -0.05) is 55.0 Å². The van der Waals surface area contributed by atoms with E-state index in [4.69, 9.17) is 4.74 Å². The summed E-state index contributed by atoms with van der Waals surface area (Å²) >= 11 is 0. The molecule has 0 saturated carbocycles. The van der Waals surface area contributed by atoms with E-state index in [1.165, 1.54) is 5.56 Å². The van der Waals surface area contributed by atoms with Gasteiger partial charge in [0.15, 0.2) is 5.69 Å². The zero-order valence-corrected chi connectivity index (χ0v) is 22.3. The number of cyclic esters (lactones) is 1. The molecule has 1 amide bonds. The first kappa shape index (κ1) is 27.3.